The number of hydrogen-bond acceptors (Lipinski definition) is 3. The summed E-state index contributed by atoms with van der Waals surface area (Å²) in [5, 5.41) is 6.25. The highest BCUT2D eigenvalue weighted by Gasteiger charge is 2.50. The van der Waals surface area contributed by atoms with E-state index in [0.717, 1.165) is 32.4 Å². The zero-order valence-corrected chi connectivity index (χ0v) is 12.2. The molecule has 3 unspecified atom stereocenters. The molecule has 3 atom stereocenters. The van der Waals surface area contributed by atoms with Crippen molar-refractivity contribution in [2.75, 3.05) is 19.7 Å². The fourth-order valence-electron chi connectivity index (χ4n) is 2.61. The van der Waals surface area contributed by atoms with E-state index in [2.05, 4.69) is 31.4 Å². The summed E-state index contributed by atoms with van der Waals surface area (Å²) < 4.78 is 5.75. The van der Waals surface area contributed by atoms with Gasteiger partial charge in [-0.05, 0) is 26.2 Å². The summed E-state index contributed by atoms with van der Waals surface area (Å²) in [6, 6.07) is 0.395. The molecule has 1 amide bonds. The van der Waals surface area contributed by atoms with Gasteiger partial charge in [-0.3, -0.25) is 4.79 Å². The lowest BCUT2D eigenvalue weighted by atomic mass is 9.61. The molecule has 106 valence electrons. The Hall–Kier alpha value is -0.610. The van der Waals surface area contributed by atoms with Crippen LogP contribution in [0.4, 0.5) is 0 Å². The SMILES string of the molecule is CCCNC(=O)CNC1CC(OCC)C1(C)CC. The first-order valence-electron chi connectivity index (χ1n) is 7.20. The summed E-state index contributed by atoms with van der Waals surface area (Å²) in [6.07, 6.45) is 3.41. The molecular weight excluding hydrogens is 228 g/mol. The van der Waals surface area contributed by atoms with Gasteiger partial charge in [0.2, 0.25) is 5.91 Å². The summed E-state index contributed by atoms with van der Waals surface area (Å²) in [4.78, 5) is 11.5. The molecular formula is C14H28N2O2. The second-order valence-corrected chi connectivity index (χ2v) is 5.32. The quantitative estimate of drug-likeness (QED) is 0.695. The molecule has 1 rings (SSSR count). The molecule has 0 aromatic heterocycles. The van der Waals surface area contributed by atoms with Gasteiger partial charge >= 0.3 is 0 Å². The van der Waals surface area contributed by atoms with Crippen LogP contribution >= 0.6 is 0 Å². The van der Waals surface area contributed by atoms with E-state index in [-0.39, 0.29) is 11.3 Å². The lowest BCUT2D eigenvalue weighted by Gasteiger charge is -2.53. The van der Waals surface area contributed by atoms with E-state index in [4.69, 9.17) is 4.74 Å². The Morgan fingerprint density at radius 1 is 1.39 bits per heavy atom. The zero-order chi connectivity index (χ0) is 13.6. The highest BCUT2D eigenvalue weighted by molar-refractivity contribution is 5.78. The topological polar surface area (TPSA) is 50.4 Å². The Morgan fingerprint density at radius 2 is 2.11 bits per heavy atom. The van der Waals surface area contributed by atoms with Gasteiger partial charge in [-0.2, -0.15) is 0 Å². The number of ether oxygens (including phenoxy) is 1. The molecule has 0 radical (unpaired) electrons. The van der Waals surface area contributed by atoms with Gasteiger partial charge in [-0.25, -0.2) is 0 Å². The number of amides is 1. The van der Waals surface area contributed by atoms with E-state index in [9.17, 15) is 4.79 Å². The molecule has 0 heterocycles. The second kappa shape index (κ2) is 7.10. The van der Waals surface area contributed by atoms with Crippen LogP contribution in [0.2, 0.25) is 0 Å². The van der Waals surface area contributed by atoms with E-state index in [1.165, 1.54) is 0 Å². The van der Waals surface area contributed by atoms with Gasteiger partial charge in [0.1, 0.15) is 0 Å². The Labute approximate surface area is 111 Å². The molecule has 4 nitrogen and oxygen atoms in total. The van der Waals surface area contributed by atoms with Crippen molar-refractivity contribution in [3.63, 3.8) is 0 Å². The van der Waals surface area contributed by atoms with Crippen LogP contribution in [-0.4, -0.2) is 37.7 Å². The Kier molecular flexibility index (Phi) is 6.09. The first kappa shape index (κ1) is 15.4. The van der Waals surface area contributed by atoms with Crippen LogP contribution in [0.15, 0.2) is 0 Å². The molecule has 4 heteroatoms. The highest BCUT2D eigenvalue weighted by atomic mass is 16.5. The number of hydrogen-bond donors (Lipinski definition) is 2. The number of carbonyl (C=O) groups is 1. The van der Waals surface area contributed by atoms with E-state index < -0.39 is 0 Å². The maximum atomic E-state index is 11.5. The summed E-state index contributed by atoms with van der Waals surface area (Å²) in [6.45, 7) is 10.5. The van der Waals surface area contributed by atoms with E-state index in [1.54, 1.807) is 0 Å². The molecule has 0 saturated heterocycles. The number of rotatable bonds is 8. The van der Waals surface area contributed by atoms with Gasteiger partial charge in [0.15, 0.2) is 0 Å². The van der Waals surface area contributed by atoms with Gasteiger partial charge in [-0.15, -0.1) is 0 Å². The van der Waals surface area contributed by atoms with Crippen LogP contribution in [0, 0.1) is 5.41 Å². The molecule has 1 fully saturated rings. The third-order valence-corrected chi connectivity index (χ3v) is 4.19. The fourth-order valence-corrected chi connectivity index (χ4v) is 2.61. The first-order valence-corrected chi connectivity index (χ1v) is 7.20. The molecule has 2 N–H and O–H groups in total. The fraction of sp³-hybridized carbons (Fsp3) is 0.929. The lowest BCUT2D eigenvalue weighted by molar-refractivity contribution is -0.131. The third kappa shape index (κ3) is 3.45. The minimum atomic E-state index is 0.0927. The molecule has 0 aromatic rings. The van der Waals surface area contributed by atoms with Crippen molar-refractivity contribution in [2.24, 2.45) is 5.41 Å². The minimum Gasteiger partial charge on any atom is -0.378 e. The van der Waals surface area contributed by atoms with Crippen molar-refractivity contribution in [3.05, 3.63) is 0 Å². The molecule has 18 heavy (non-hydrogen) atoms. The molecule has 0 spiro atoms. The molecule has 1 aliphatic rings. The summed E-state index contributed by atoms with van der Waals surface area (Å²) in [5.74, 6) is 0.0927. The van der Waals surface area contributed by atoms with Crippen molar-refractivity contribution in [2.45, 2.75) is 59.1 Å². The lowest BCUT2D eigenvalue weighted by Crippen LogP contribution is -2.63. The predicted octanol–water partition coefficient (Wildman–Crippen LogP) is 1.70. The average Bonchev–Trinajstić information content (AvgIpc) is 2.38. The van der Waals surface area contributed by atoms with Crippen molar-refractivity contribution in [3.8, 4) is 0 Å². The van der Waals surface area contributed by atoms with Crippen LogP contribution in [0.25, 0.3) is 0 Å². The molecule has 1 aliphatic carbocycles. The summed E-state index contributed by atoms with van der Waals surface area (Å²) in [7, 11) is 0. The van der Waals surface area contributed by atoms with Gasteiger partial charge in [0.05, 0.1) is 12.6 Å². The summed E-state index contributed by atoms with van der Waals surface area (Å²) in [5.41, 5.74) is 0.168. The largest absolute Gasteiger partial charge is 0.378 e. The highest BCUT2D eigenvalue weighted by Crippen LogP contribution is 2.45. The van der Waals surface area contributed by atoms with Crippen LogP contribution in [0.3, 0.4) is 0 Å². The van der Waals surface area contributed by atoms with Gasteiger partial charge < -0.3 is 15.4 Å². The van der Waals surface area contributed by atoms with Gasteiger partial charge in [-0.1, -0.05) is 20.8 Å². The first-order chi connectivity index (χ1) is 8.58. The number of nitrogens with one attached hydrogen (secondary N) is 2. The van der Waals surface area contributed by atoms with Gasteiger partial charge in [0.25, 0.3) is 0 Å². The van der Waals surface area contributed by atoms with E-state index >= 15 is 0 Å². The van der Waals surface area contributed by atoms with Crippen molar-refractivity contribution in [1.82, 2.24) is 10.6 Å². The third-order valence-electron chi connectivity index (χ3n) is 4.19. The monoisotopic (exact) mass is 256 g/mol. The maximum absolute atomic E-state index is 11.5. The second-order valence-electron chi connectivity index (χ2n) is 5.32. The van der Waals surface area contributed by atoms with Crippen LogP contribution in [0.5, 0.6) is 0 Å². The standard InChI is InChI=1S/C14H28N2O2/c1-5-8-15-13(17)10-16-11-9-12(18-7-3)14(11,4)6-2/h11-12,16H,5-10H2,1-4H3,(H,15,17). The van der Waals surface area contributed by atoms with Crippen molar-refractivity contribution in [1.29, 1.82) is 0 Å². The average molecular weight is 256 g/mol. The Bertz CT molecular complexity index is 271. The smallest absolute Gasteiger partial charge is 0.233 e. The predicted molar refractivity (Wildman–Crippen MR) is 73.5 cm³/mol. The van der Waals surface area contributed by atoms with E-state index in [0.29, 0.717) is 18.7 Å². The number of carbonyl (C=O) groups excluding carboxylic acids is 1. The normalized spacial score (nSPS) is 30.9. The molecule has 0 aromatic carbocycles. The van der Waals surface area contributed by atoms with E-state index in [1.807, 2.05) is 6.92 Å². The maximum Gasteiger partial charge on any atom is 0.233 e. The Balaban J connectivity index is 2.33. The molecule has 0 bridgehead atoms. The van der Waals surface area contributed by atoms with Crippen LogP contribution < -0.4 is 10.6 Å². The van der Waals surface area contributed by atoms with Crippen molar-refractivity contribution < 1.29 is 9.53 Å². The van der Waals surface area contributed by atoms with Crippen molar-refractivity contribution >= 4 is 5.91 Å². The summed E-state index contributed by atoms with van der Waals surface area (Å²) >= 11 is 0. The van der Waals surface area contributed by atoms with Crippen LogP contribution in [0.1, 0.15) is 47.0 Å². The molecule has 0 aliphatic heterocycles. The van der Waals surface area contributed by atoms with Crippen LogP contribution in [-0.2, 0) is 9.53 Å². The minimum absolute atomic E-state index is 0.0927. The Morgan fingerprint density at radius 3 is 2.67 bits per heavy atom. The molecule has 1 saturated carbocycles. The van der Waals surface area contributed by atoms with Gasteiger partial charge in [0, 0.05) is 24.6 Å². The zero-order valence-electron chi connectivity index (χ0n) is 12.2.